The molecule has 0 amide bonds. The van der Waals surface area contributed by atoms with E-state index in [9.17, 15) is 0 Å². The van der Waals surface area contributed by atoms with Crippen molar-refractivity contribution in [3.05, 3.63) is 82.4 Å². The molecular weight excluding hydrogens is 292 g/mol. The fourth-order valence-electron chi connectivity index (χ4n) is 3.09. The van der Waals surface area contributed by atoms with E-state index in [0.29, 0.717) is 0 Å². The Bertz CT molecular complexity index is 830. The predicted octanol–water partition coefficient (Wildman–Crippen LogP) is 6.69. The summed E-state index contributed by atoms with van der Waals surface area (Å²) in [6.07, 6.45) is 0. The molecule has 0 atom stereocenters. The molecule has 0 unspecified atom stereocenters. The number of rotatable bonds is 3. The second-order valence-corrected chi connectivity index (χ2v) is 6.59. The van der Waals surface area contributed by atoms with Crippen molar-refractivity contribution in [1.29, 1.82) is 0 Å². The summed E-state index contributed by atoms with van der Waals surface area (Å²) in [4.78, 5) is 0. The minimum Gasteiger partial charge on any atom is -0.457 e. The van der Waals surface area contributed by atoms with E-state index in [1.54, 1.807) is 0 Å². The fourth-order valence-corrected chi connectivity index (χ4v) is 3.09. The highest BCUT2D eigenvalue weighted by atomic mass is 16.5. The van der Waals surface area contributed by atoms with Crippen LogP contribution in [0.25, 0.3) is 11.1 Å². The van der Waals surface area contributed by atoms with Gasteiger partial charge < -0.3 is 4.74 Å². The summed E-state index contributed by atoms with van der Waals surface area (Å²) < 4.78 is 6.10. The van der Waals surface area contributed by atoms with Crippen LogP contribution in [-0.2, 0) is 0 Å². The van der Waals surface area contributed by atoms with Gasteiger partial charge in [0.05, 0.1) is 0 Å². The molecule has 0 aromatic heterocycles. The molecule has 1 heteroatoms. The van der Waals surface area contributed by atoms with Crippen LogP contribution in [0, 0.1) is 34.6 Å². The number of hydrogen-bond acceptors (Lipinski definition) is 1. The van der Waals surface area contributed by atoms with Gasteiger partial charge in [0.2, 0.25) is 0 Å². The van der Waals surface area contributed by atoms with E-state index < -0.39 is 0 Å². The molecule has 0 N–H and O–H groups in total. The first kappa shape index (κ1) is 16.3. The van der Waals surface area contributed by atoms with E-state index in [2.05, 4.69) is 58.9 Å². The van der Waals surface area contributed by atoms with Gasteiger partial charge in [0.1, 0.15) is 11.5 Å². The van der Waals surface area contributed by atoms with Crippen molar-refractivity contribution in [1.82, 2.24) is 0 Å². The Hall–Kier alpha value is -2.54. The second-order valence-electron chi connectivity index (χ2n) is 6.59. The third-order valence-corrected chi connectivity index (χ3v) is 4.68. The van der Waals surface area contributed by atoms with E-state index in [1.165, 1.54) is 27.8 Å². The Morgan fingerprint density at radius 3 is 1.54 bits per heavy atom. The number of ether oxygens (including phenoxy) is 1. The summed E-state index contributed by atoms with van der Waals surface area (Å²) in [5, 5.41) is 0. The van der Waals surface area contributed by atoms with Gasteiger partial charge in [-0.25, -0.2) is 0 Å². The fraction of sp³-hybridized carbons (Fsp3) is 0.217. The number of aryl methyl sites for hydroxylation is 4. The first-order chi connectivity index (χ1) is 11.5. The summed E-state index contributed by atoms with van der Waals surface area (Å²) in [5.74, 6) is 1.82. The summed E-state index contributed by atoms with van der Waals surface area (Å²) in [6, 6.07) is 18.9. The quantitative estimate of drug-likeness (QED) is 0.523. The van der Waals surface area contributed by atoms with Crippen LogP contribution in [0.5, 0.6) is 11.5 Å². The van der Waals surface area contributed by atoms with Gasteiger partial charge >= 0.3 is 0 Å². The lowest BCUT2D eigenvalue weighted by Gasteiger charge is -2.15. The minimum absolute atomic E-state index is 0.874. The van der Waals surface area contributed by atoms with Crippen LogP contribution in [0.3, 0.4) is 0 Å². The number of benzene rings is 3. The maximum absolute atomic E-state index is 6.10. The normalized spacial score (nSPS) is 10.7. The zero-order valence-electron chi connectivity index (χ0n) is 15.1. The third-order valence-electron chi connectivity index (χ3n) is 4.68. The van der Waals surface area contributed by atoms with Gasteiger partial charge in [0.25, 0.3) is 0 Å². The van der Waals surface area contributed by atoms with Crippen LogP contribution in [0.15, 0.2) is 54.6 Å². The smallest absolute Gasteiger partial charge is 0.133 e. The molecular formula is C23H24O. The summed E-state index contributed by atoms with van der Waals surface area (Å²) in [7, 11) is 0. The van der Waals surface area contributed by atoms with Gasteiger partial charge in [-0.1, -0.05) is 30.3 Å². The minimum atomic E-state index is 0.874. The maximum atomic E-state index is 6.10. The highest BCUT2D eigenvalue weighted by Gasteiger charge is 2.10. The molecule has 0 spiro atoms. The molecule has 1 nitrogen and oxygen atoms in total. The maximum Gasteiger partial charge on any atom is 0.133 e. The van der Waals surface area contributed by atoms with Gasteiger partial charge in [0.15, 0.2) is 0 Å². The SMILES string of the molecule is Cc1cc(-c2cc(C)c(Oc3ccccc3)c(C)c2)cc(C)c1C. The first-order valence-electron chi connectivity index (χ1n) is 8.38. The average molecular weight is 316 g/mol. The van der Waals surface area contributed by atoms with Crippen molar-refractivity contribution in [3.8, 4) is 22.6 Å². The third kappa shape index (κ3) is 3.21. The van der Waals surface area contributed by atoms with Gasteiger partial charge in [-0.2, -0.15) is 0 Å². The van der Waals surface area contributed by atoms with Crippen LogP contribution in [0.2, 0.25) is 0 Å². The molecule has 0 aliphatic heterocycles. The van der Waals surface area contributed by atoms with Crippen molar-refractivity contribution in [2.45, 2.75) is 34.6 Å². The lowest BCUT2D eigenvalue weighted by Crippen LogP contribution is -1.94. The van der Waals surface area contributed by atoms with Crippen molar-refractivity contribution < 1.29 is 4.74 Å². The van der Waals surface area contributed by atoms with Crippen molar-refractivity contribution in [3.63, 3.8) is 0 Å². The molecule has 0 saturated heterocycles. The van der Waals surface area contributed by atoms with Crippen LogP contribution < -0.4 is 4.74 Å². The van der Waals surface area contributed by atoms with Crippen molar-refractivity contribution in [2.24, 2.45) is 0 Å². The molecule has 0 saturated carbocycles. The average Bonchev–Trinajstić information content (AvgIpc) is 2.56. The Kier molecular flexibility index (Phi) is 4.44. The lowest BCUT2D eigenvalue weighted by molar-refractivity contribution is 0.475. The molecule has 3 aromatic rings. The molecule has 0 heterocycles. The molecule has 0 aliphatic carbocycles. The van der Waals surface area contributed by atoms with Gasteiger partial charge in [-0.05, 0) is 97.8 Å². The Morgan fingerprint density at radius 2 is 1.04 bits per heavy atom. The molecule has 24 heavy (non-hydrogen) atoms. The Balaban J connectivity index is 2.01. The van der Waals surface area contributed by atoms with Crippen LogP contribution in [-0.4, -0.2) is 0 Å². The molecule has 122 valence electrons. The molecule has 0 bridgehead atoms. The van der Waals surface area contributed by atoms with Crippen LogP contribution in [0.4, 0.5) is 0 Å². The van der Waals surface area contributed by atoms with Gasteiger partial charge in [0, 0.05) is 0 Å². The zero-order valence-corrected chi connectivity index (χ0v) is 15.1. The first-order valence-corrected chi connectivity index (χ1v) is 8.38. The largest absolute Gasteiger partial charge is 0.457 e. The highest BCUT2D eigenvalue weighted by molar-refractivity contribution is 5.69. The van der Waals surface area contributed by atoms with Gasteiger partial charge in [-0.15, -0.1) is 0 Å². The van der Waals surface area contributed by atoms with E-state index in [-0.39, 0.29) is 0 Å². The lowest BCUT2D eigenvalue weighted by atomic mass is 9.94. The van der Waals surface area contributed by atoms with E-state index in [4.69, 9.17) is 4.74 Å². The number of hydrogen-bond donors (Lipinski definition) is 0. The zero-order chi connectivity index (χ0) is 17.3. The summed E-state index contributed by atoms with van der Waals surface area (Å²) >= 11 is 0. The molecule has 0 fully saturated rings. The number of para-hydroxylation sites is 1. The Labute approximate surface area is 144 Å². The second kappa shape index (κ2) is 6.52. The van der Waals surface area contributed by atoms with Crippen LogP contribution in [0.1, 0.15) is 27.8 Å². The van der Waals surface area contributed by atoms with Crippen molar-refractivity contribution >= 4 is 0 Å². The monoisotopic (exact) mass is 316 g/mol. The predicted molar refractivity (Wildman–Crippen MR) is 102 cm³/mol. The van der Waals surface area contributed by atoms with Crippen LogP contribution >= 0.6 is 0 Å². The Morgan fingerprint density at radius 1 is 0.583 bits per heavy atom. The van der Waals surface area contributed by atoms with E-state index in [0.717, 1.165) is 22.6 Å². The van der Waals surface area contributed by atoms with Gasteiger partial charge in [-0.3, -0.25) is 0 Å². The summed E-state index contributed by atoms with van der Waals surface area (Å²) in [6.45, 7) is 10.8. The standard InChI is InChI=1S/C23H24O/c1-15-11-20(12-16(2)19(15)5)21-13-17(3)23(18(4)14-21)24-22-9-7-6-8-10-22/h6-14H,1-5H3. The highest BCUT2D eigenvalue weighted by Crippen LogP contribution is 2.34. The topological polar surface area (TPSA) is 9.23 Å². The summed E-state index contributed by atoms with van der Waals surface area (Å²) in [5.41, 5.74) is 8.88. The van der Waals surface area contributed by atoms with Crippen molar-refractivity contribution in [2.75, 3.05) is 0 Å². The van der Waals surface area contributed by atoms with E-state index in [1.807, 2.05) is 30.3 Å². The molecule has 0 aliphatic rings. The molecule has 0 radical (unpaired) electrons. The van der Waals surface area contributed by atoms with E-state index >= 15 is 0 Å². The molecule has 3 aromatic carbocycles. The molecule has 3 rings (SSSR count).